The molecule has 2 rings (SSSR count). The van der Waals surface area contributed by atoms with E-state index in [0.717, 1.165) is 11.3 Å². The first-order valence-electron chi connectivity index (χ1n) is 4.15. The molecule has 2 N–H and O–H groups in total. The fourth-order valence-corrected chi connectivity index (χ4v) is 2.23. The van der Waals surface area contributed by atoms with Gasteiger partial charge in [0.1, 0.15) is 0 Å². The number of benzene rings is 1. The number of aromatic nitrogens is 1. The largest absolute Gasteiger partial charge is 0.375 e. The molecule has 0 fully saturated rings. The first-order chi connectivity index (χ1) is 7.41. The second-order valence-electron chi connectivity index (χ2n) is 3.07. The molecule has 0 aliphatic rings. The van der Waals surface area contributed by atoms with Crippen molar-refractivity contribution >= 4 is 39.1 Å². The summed E-state index contributed by atoms with van der Waals surface area (Å²) in [5.41, 5.74) is 4.93. The van der Waals surface area contributed by atoms with Crippen LogP contribution in [0.25, 0.3) is 10.2 Å². The van der Waals surface area contributed by atoms with E-state index in [0.29, 0.717) is 15.2 Å². The molecule has 0 bridgehead atoms. The van der Waals surface area contributed by atoms with Crippen LogP contribution in [-0.2, 0) is 10.7 Å². The van der Waals surface area contributed by atoms with Crippen LogP contribution < -0.4 is 5.73 Å². The fourth-order valence-electron chi connectivity index (χ4n) is 1.14. The zero-order valence-electron chi connectivity index (χ0n) is 7.71. The average molecular weight is 263 g/mol. The minimum Gasteiger partial charge on any atom is -0.364 e. The van der Waals surface area contributed by atoms with Gasteiger partial charge in [-0.1, -0.05) is 11.6 Å². The summed E-state index contributed by atoms with van der Waals surface area (Å²) in [5, 5.41) is -0.219. The highest BCUT2D eigenvalue weighted by atomic mass is 35.5. The SMILES string of the molecule is NC(=O)C(F)(F)c1nc2cc(Cl)ccc2s1. The Kier molecular flexibility index (Phi) is 2.55. The molecular formula is C9H5ClF2N2OS. The third-order valence-corrected chi connectivity index (χ3v) is 3.27. The molecule has 1 amide bonds. The zero-order valence-corrected chi connectivity index (χ0v) is 9.28. The lowest BCUT2D eigenvalue weighted by molar-refractivity contribution is -0.143. The predicted octanol–water partition coefficient (Wildman–Crippen LogP) is 2.53. The van der Waals surface area contributed by atoms with Gasteiger partial charge in [-0.15, -0.1) is 11.3 Å². The number of amides is 1. The molecule has 0 unspecified atom stereocenters. The standard InChI is InChI=1S/C9H5ClF2N2OS/c10-4-1-2-6-5(3-4)14-8(16-6)9(11,12)7(13)15/h1-3H,(H2,13,15). The summed E-state index contributed by atoms with van der Waals surface area (Å²) >= 11 is 6.41. The van der Waals surface area contributed by atoms with Gasteiger partial charge in [-0.2, -0.15) is 8.78 Å². The van der Waals surface area contributed by atoms with Crippen molar-refractivity contribution in [2.24, 2.45) is 5.73 Å². The van der Waals surface area contributed by atoms with E-state index in [2.05, 4.69) is 10.7 Å². The van der Waals surface area contributed by atoms with Crippen LogP contribution >= 0.6 is 22.9 Å². The van der Waals surface area contributed by atoms with Gasteiger partial charge >= 0.3 is 5.92 Å². The van der Waals surface area contributed by atoms with Gasteiger partial charge in [-0.3, -0.25) is 4.79 Å². The highest BCUT2D eigenvalue weighted by Gasteiger charge is 2.42. The number of rotatable bonds is 2. The van der Waals surface area contributed by atoms with Gasteiger partial charge in [0.15, 0.2) is 5.01 Å². The summed E-state index contributed by atoms with van der Waals surface area (Å²) in [6.45, 7) is 0. The van der Waals surface area contributed by atoms with Crippen LogP contribution in [0.4, 0.5) is 8.78 Å². The minimum absolute atomic E-state index is 0.327. The molecule has 16 heavy (non-hydrogen) atoms. The molecule has 7 heteroatoms. The third-order valence-electron chi connectivity index (χ3n) is 1.93. The molecule has 0 aliphatic heterocycles. The topological polar surface area (TPSA) is 56.0 Å². The van der Waals surface area contributed by atoms with Gasteiger partial charge in [0.2, 0.25) is 0 Å². The Balaban J connectivity index is 2.59. The number of nitrogens with zero attached hydrogens (tertiary/aromatic N) is 1. The summed E-state index contributed by atoms with van der Waals surface area (Å²) < 4.78 is 27.0. The Morgan fingerprint density at radius 3 is 2.81 bits per heavy atom. The van der Waals surface area contributed by atoms with E-state index >= 15 is 0 Å². The van der Waals surface area contributed by atoms with Crippen molar-refractivity contribution in [3.05, 3.63) is 28.2 Å². The molecule has 0 atom stereocenters. The second kappa shape index (κ2) is 3.64. The Labute approximate surface area is 97.8 Å². The van der Waals surface area contributed by atoms with E-state index in [4.69, 9.17) is 11.6 Å². The van der Waals surface area contributed by atoms with Gasteiger partial charge < -0.3 is 5.73 Å². The van der Waals surface area contributed by atoms with Crippen LogP contribution in [0, 0.1) is 0 Å². The van der Waals surface area contributed by atoms with Crippen molar-refractivity contribution in [3.63, 3.8) is 0 Å². The number of hydrogen-bond acceptors (Lipinski definition) is 3. The Bertz CT molecular complexity index is 570. The van der Waals surface area contributed by atoms with E-state index in [9.17, 15) is 13.6 Å². The van der Waals surface area contributed by atoms with Crippen LogP contribution in [0.2, 0.25) is 5.02 Å². The number of thiazole rings is 1. The maximum Gasteiger partial charge on any atom is 0.375 e. The highest BCUT2D eigenvalue weighted by Crippen LogP contribution is 2.34. The van der Waals surface area contributed by atoms with E-state index in [1.807, 2.05) is 0 Å². The van der Waals surface area contributed by atoms with Crippen molar-refractivity contribution in [2.45, 2.75) is 5.92 Å². The highest BCUT2D eigenvalue weighted by molar-refractivity contribution is 7.18. The lowest BCUT2D eigenvalue weighted by Gasteiger charge is -2.06. The van der Waals surface area contributed by atoms with Crippen molar-refractivity contribution < 1.29 is 13.6 Å². The van der Waals surface area contributed by atoms with E-state index in [1.54, 1.807) is 12.1 Å². The monoisotopic (exact) mass is 262 g/mol. The molecule has 1 aromatic heterocycles. The maximum atomic E-state index is 13.3. The summed E-state index contributed by atoms with van der Waals surface area (Å²) in [6, 6.07) is 4.58. The molecule has 2 aromatic rings. The van der Waals surface area contributed by atoms with Crippen molar-refractivity contribution in [1.82, 2.24) is 4.98 Å². The lowest BCUT2D eigenvalue weighted by Crippen LogP contribution is -2.32. The van der Waals surface area contributed by atoms with Gasteiger partial charge in [0.25, 0.3) is 5.91 Å². The normalized spacial score (nSPS) is 11.9. The number of carbonyl (C=O) groups is 1. The molecule has 0 saturated heterocycles. The summed E-state index contributed by atoms with van der Waals surface area (Å²) in [7, 11) is 0. The van der Waals surface area contributed by atoms with Gasteiger partial charge in [0.05, 0.1) is 10.2 Å². The smallest absolute Gasteiger partial charge is 0.364 e. The quantitative estimate of drug-likeness (QED) is 0.904. The summed E-state index contributed by atoms with van der Waals surface area (Å²) in [6.07, 6.45) is 0. The number of halogens is 3. The zero-order chi connectivity index (χ0) is 11.9. The van der Waals surface area contributed by atoms with E-state index in [-0.39, 0.29) is 0 Å². The second-order valence-corrected chi connectivity index (χ2v) is 4.54. The predicted molar refractivity (Wildman–Crippen MR) is 57.7 cm³/mol. The van der Waals surface area contributed by atoms with Crippen molar-refractivity contribution in [2.75, 3.05) is 0 Å². The molecule has 1 heterocycles. The van der Waals surface area contributed by atoms with E-state index < -0.39 is 16.8 Å². The molecule has 3 nitrogen and oxygen atoms in total. The molecule has 0 radical (unpaired) electrons. The maximum absolute atomic E-state index is 13.3. The van der Waals surface area contributed by atoms with Gasteiger partial charge in [-0.25, -0.2) is 4.98 Å². The molecule has 0 saturated carbocycles. The summed E-state index contributed by atoms with van der Waals surface area (Å²) in [4.78, 5) is 14.2. The molecule has 1 aromatic carbocycles. The number of hydrogen-bond donors (Lipinski definition) is 1. The molecule has 0 spiro atoms. The van der Waals surface area contributed by atoms with Crippen LogP contribution in [0.3, 0.4) is 0 Å². The van der Waals surface area contributed by atoms with Crippen molar-refractivity contribution in [3.8, 4) is 0 Å². The number of alkyl halides is 2. The number of primary amides is 1. The number of carbonyl (C=O) groups excluding carboxylic acids is 1. The molecular weight excluding hydrogens is 258 g/mol. The Morgan fingerprint density at radius 2 is 2.19 bits per heavy atom. The minimum atomic E-state index is -3.74. The van der Waals surface area contributed by atoms with Crippen molar-refractivity contribution in [1.29, 1.82) is 0 Å². The van der Waals surface area contributed by atoms with Crippen LogP contribution in [0.15, 0.2) is 18.2 Å². The molecule has 0 aliphatic carbocycles. The first-order valence-corrected chi connectivity index (χ1v) is 5.35. The van der Waals surface area contributed by atoms with Crippen LogP contribution in [0.5, 0.6) is 0 Å². The first kappa shape index (κ1) is 11.2. The van der Waals surface area contributed by atoms with Gasteiger partial charge in [0, 0.05) is 5.02 Å². The number of fused-ring (bicyclic) bond motifs is 1. The molecule has 84 valence electrons. The summed E-state index contributed by atoms with van der Waals surface area (Å²) in [5.74, 6) is -5.45. The Hall–Kier alpha value is -1.27. The average Bonchev–Trinajstić information content (AvgIpc) is 2.60. The Morgan fingerprint density at radius 1 is 1.50 bits per heavy atom. The third kappa shape index (κ3) is 1.74. The number of nitrogens with two attached hydrogens (primary N) is 1. The van der Waals surface area contributed by atoms with Crippen LogP contribution in [0.1, 0.15) is 5.01 Å². The fraction of sp³-hybridized carbons (Fsp3) is 0.111. The lowest BCUT2D eigenvalue weighted by atomic mass is 10.3. The van der Waals surface area contributed by atoms with Gasteiger partial charge in [-0.05, 0) is 18.2 Å². The van der Waals surface area contributed by atoms with Crippen LogP contribution in [-0.4, -0.2) is 10.9 Å². The van der Waals surface area contributed by atoms with E-state index in [1.165, 1.54) is 6.07 Å².